The highest BCUT2D eigenvalue weighted by Crippen LogP contribution is 2.25. The molecular formula is C7H13NO2. The Hall–Kier alpha value is -0.120. The molecule has 2 rings (SSSR count). The van der Waals surface area contributed by atoms with E-state index < -0.39 is 0 Å². The number of fused-ring (bicyclic) bond motifs is 1. The minimum Gasteiger partial charge on any atom is -0.389 e. The van der Waals surface area contributed by atoms with Crippen LogP contribution in [0.15, 0.2) is 0 Å². The molecule has 0 aliphatic carbocycles. The van der Waals surface area contributed by atoms with E-state index in [0.717, 1.165) is 6.54 Å². The maximum atomic E-state index is 9.33. The number of hydrogen-bond acceptors (Lipinski definition) is 3. The maximum Gasteiger partial charge on any atom is 0.0951 e. The van der Waals surface area contributed by atoms with Gasteiger partial charge in [-0.1, -0.05) is 6.92 Å². The van der Waals surface area contributed by atoms with Gasteiger partial charge >= 0.3 is 0 Å². The summed E-state index contributed by atoms with van der Waals surface area (Å²) >= 11 is 0. The Labute approximate surface area is 60.4 Å². The number of nitrogens with one attached hydrogen (secondary N) is 1. The average molecular weight is 143 g/mol. The molecule has 0 bridgehead atoms. The van der Waals surface area contributed by atoms with E-state index in [0.29, 0.717) is 12.5 Å². The molecule has 3 nitrogen and oxygen atoms in total. The van der Waals surface area contributed by atoms with E-state index in [1.165, 1.54) is 0 Å². The molecular weight excluding hydrogens is 130 g/mol. The molecule has 3 heteroatoms. The van der Waals surface area contributed by atoms with E-state index in [1.54, 1.807) is 0 Å². The monoisotopic (exact) mass is 143 g/mol. The molecule has 2 aliphatic heterocycles. The third-order valence-corrected chi connectivity index (χ3v) is 2.46. The number of aliphatic hydroxyl groups excluding tert-OH is 1. The zero-order valence-electron chi connectivity index (χ0n) is 6.08. The van der Waals surface area contributed by atoms with Crippen molar-refractivity contribution in [2.75, 3.05) is 13.2 Å². The Morgan fingerprint density at radius 3 is 3.10 bits per heavy atom. The van der Waals surface area contributed by atoms with Crippen molar-refractivity contribution in [2.45, 2.75) is 25.2 Å². The van der Waals surface area contributed by atoms with Crippen molar-refractivity contribution in [3.8, 4) is 0 Å². The minimum atomic E-state index is -0.282. The normalized spacial score (nSPS) is 53.4. The van der Waals surface area contributed by atoms with Crippen molar-refractivity contribution < 1.29 is 9.84 Å². The summed E-state index contributed by atoms with van der Waals surface area (Å²) < 4.78 is 5.39. The molecule has 4 atom stereocenters. The van der Waals surface area contributed by atoms with Gasteiger partial charge in [0, 0.05) is 6.54 Å². The molecule has 0 amide bonds. The summed E-state index contributed by atoms with van der Waals surface area (Å²) in [4.78, 5) is 0. The van der Waals surface area contributed by atoms with E-state index in [4.69, 9.17) is 4.74 Å². The summed E-state index contributed by atoms with van der Waals surface area (Å²) in [7, 11) is 0. The van der Waals surface area contributed by atoms with Crippen molar-refractivity contribution in [1.82, 2.24) is 5.32 Å². The molecule has 2 fully saturated rings. The maximum absolute atomic E-state index is 9.33. The van der Waals surface area contributed by atoms with Crippen LogP contribution >= 0.6 is 0 Å². The highest BCUT2D eigenvalue weighted by Gasteiger charge is 2.43. The first kappa shape index (κ1) is 6.58. The van der Waals surface area contributed by atoms with Crippen LogP contribution < -0.4 is 5.32 Å². The first-order chi connectivity index (χ1) is 4.79. The van der Waals surface area contributed by atoms with Crippen LogP contribution in [0, 0.1) is 5.92 Å². The summed E-state index contributed by atoms with van der Waals surface area (Å²) in [5.41, 5.74) is 0. The van der Waals surface area contributed by atoms with Crippen LogP contribution in [0.5, 0.6) is 0 Å². The highest BCUT2D eigenvalue weighted by molar-refractivity contribution is 4.97. The number of ether oxygens (including phenoxy) is 1. The lowest BCUT2D eigenvalue weighted by Crippen LogP contribution is -2.36. The fourth-order valence-corrected chi connectivity index (χ4v) is 1.84. The van der Waals surface area contributed by atoms with Gasteiger partial charge in [0.05, 0.1) is 24.9 Å². The first-order valence-electron chi connectivity index (χ1n) is 3.82. The standard InChI is InChI=1S/C7H13NO2/c1-4-2-8-6-5(9)3-10-7(4)6/h4-9H,2-3H2,1H3/t4-,5?,6?,7?/m0/s1. The van der Waals surface area contributed by atoms with Crippen LogP contribution in [0.2, 0.25) is 0 Å². The molecule has 0 radical (unpaired) electrons. The average Bonchev–Trinajstić information content (AvgIpc) is 2.41. The van der Waals surface area contributed by atoms with E-state index in [9.17, 15) is 5.11 Å². The van der Waals surface area contributed by atoms with E-state index in [-0.39, 0.29) is 18.2 Å². The molecule has 2 saturated heterocycles. The van der Waals surface area contributed by atoms with E-state index >= 15 is 0 Å². The predicted octanol–water partition coefficient (Wildman–Crippen LogP) is -0.646. The molecule has 0 spiro atoms. The Morgan fingerprint density at radius 2 is 2.40 bits per heavy atom. The lowest BCUT2D eigenvalue weighted by atomic mass is 10.0. The second-order valence-electron chi connectivity index (χ2n) is 3.28. The summed E-state index contributed by atoms with van der Waals surface area (Å²) in [5.74, 6) is 0.558. The molecule has 58 valence electrons. The zero-order valence-corrected chi connectivity index (χ0v) is 6.08. The second kappa shape index (κ2) is 2.19. The van der Waals surface area contributed by atoms with Gasteiger partial charge in [0.2, 0.25) is 0 Å². The van der Waals surface area contributed by atoms with Crippen LogP contribution in [0.1, 0.15) is 6.92 Å². The molecule has 3 unspecified atom stereocenters. The van der Waals surface area contributed by atoms with Gasteiger partial charge in [-0.05, 0) is 5.92 Å². The molecule has 2 N–H and O–H groups in total. The molecule has 2 heterocycles. The molecule has 2 aliphatic rings. The lowest BCUT2D eigenvalue weighted by molar-refractivity contribution is 0.0674. The molecule has 10 heavy (non-hydrogen) atoms. The quantitative estimate of drug-likeness (QED) is 0.473. The van der Waals surface area contributed by atoms with Crippen molar-refractivity contribution in [1.29, 1.82) is 0 Å². The molecule has 0 aromatic rings. The highest BCUT2D eigenvalue weighted by atomic mass is 16.5. The van der Waals surface area contributed by atoms with Gasteiger partial charge in [-0.25, -0.2) is 0 Å². The van der Waals surface area contributed by atoms with Crippen molar-refractivity contribution in [2.24, 2.45) is 5.92 Å². The van der Waals surface area contributed by atoms with E-state index in [2.05, 4.69) is 12.2 Å². The predicted molar refractivity (Wildman–Crippen MR) is 36.7 cm³/mol. The number of rotatable bonds is 0. The fourth-order valence-electron chi connectivity index (χ4n) is 1.84. The topological polar surface area (TPSA) is 41.5 Å². The van der Waals surface area contributed by atoms with Gasteiger partial charge in [0.1, 0.15) is 0 Å². The zero-order chi connectivity index (χ0) is 7.14. The van der Waals surface area contributed by atoms with Crippen LogP contribution in [-0.4, -0.2) is 36.5 Å². The van der Waals surface area contributed by atoms with Crippen LogP contribution in [-0.2, 0) is 4.74 Å². The molecule has 0 aromatic heterocycles. The smallest absolute Gasteiger partial charge is 0.0951 e. The third-order valence-electron chi connectivity index (χ3n) is 2.46. The molecule has 0 aromatic carbocycles. The van der Waals surface area contributed by atoms with Gasteiger partial charge in [-0.15, -0.1) is 0 Å². The van der Waals surface area contributed by atoms with Gasteiger partial charge in [0.15, 0.2) is 0 Å². The molecule has 0 saturated carbocycles. The summed E-state index contributed by atoms with van der Waals surface area (Å²) in [6.45, 7) is 3.63. The number of hydrogen-bond donors (Lipinski definition) is 2. The fraction of sp³-hybridized carbons (Fsp3) is 1.00. The largest absolute Gasteiger partial charge is 0.389 e. The Morgan fingerprint density at radius 1 is 1.60 bits per heavy atom. The third kappa shape index (κ3) is 0.779. The summed E-state index contributed by atoms with van der Waals surface area (Å²) in [6, 6.07) is 0.204. The Bertz CT molecular complexity index is 124. The van der Waals surface area contributed by atoms with Crippen LogP contribution in [0.25, 0.3) is 0 Å². The first-order valence-corrected chi connectivity index (χ1v) is 3.82. The van der Waals surface area contributed by atoms with Gasteiger partial charge in [-0.2, -0.15) is 0 Å². The van der Waals surface area contributed by atoms with Gasteiger partial charge in [0.25, 0.3) is 0 Å². The van der Waals surface area contributed by atoms with Gasteiger partial charge < -0.3 is 15.2 Å². The minimum absolute atomic E-state index is 0.204. The van der Waals surface area contributed by atoms with Crippen molar-refractivity contribution >= 4 is 0 Å². The number of aliphatic hydroxyl groups is 1. The summed E-state index contributed by atoms with van der Waals surface area (Å²) in [6.07, 6.45) is -0.0232. The Kier molecular flexibility index (Phi) is 1.44. The van der Waals surface area contributed by atoms with Crippen LogP contribution in [0.4, 0.5) is 0 Å². The van der Waals surface area contributed by atoms with Gasteiger partial charge in [-0.3, -0.25) is 0 Å². The lowest BCUT2D eigenvalue weighted by Gasteiger charge is -2.11. The van der Waals surface area contributed by atoms with Crippen molar-refractivity contribution in [3.63, 3.8) is 0 Å². The summed E-state index contributed by atoms with van der Waals surface area (Å²) in [5, 5.41) is 12.6. The van der Waals surface area contributed by atoms with Crippen LogP contribution in [0.3, 0.4) is 0 Å². The van der Waals surface area contributed by atoms with Crippen molar-refractivity contribution in [3.05, 3.63) is 0 Å². The van der Waals surface area contributed by atoms with E-state index in [1.807, 2.05) is 0 Å². The Balaban J connectivity index is 2.09. The second-order valence-corrected chi connectivity index (χ2v) is 3.28. The SMILES string of the molecule is C[C@H]1CNC2C(O)COC21.